The van der Waals surface area contributed by atoms with E-state index in [1.54, 1.807) is 31.5 Å². The first-order valence-electron chi connectivity index (χ1n) is 8.57. The van der Waals surface area contributed by atoms with E-state index >= 15 is 0 Å². The van der Waals surface area contributed by atoms with Crippen molar-refractivity contribution >= 4 is 29.1 Å². The number of aliphatic hydroxyl groups is 1. The third-order valence-electron chi connectivity index (χ3n) is 3.89. The Bertz CT molecular complexity index is 985. The van der Waals surface area contributed by atoms with Gasteiger partial charge in [-0.25, -0.2) is 4.98 Å². The summed E-state index contributed by atoms with van der Waals surface area (Å²) in [6.45, 7) is 1.62. The molecule has 10 heteroatoms. The standard InChI is InChI=1S/C19H17ClF3N5O/c1-11(10-29)25-18-27-16(12-3-2-6-24-9-12)8-17(28-18)26-15-5-4-13(7-14(15)20)19(21,22)23/h2-9,11,29H,10H2,1H3,(H2,25,26,27,28)/t11-/m0/s1. The second-order valence-electron chi connectivity index (χ2n) is 6.25. The molecule has 3 N–H and O–H groups in total. The predicted octanol–water partition coefficient (Wildman–Crippen LogP) is 4.75. The average Bonchev–Trinajstić information content (AvgIpc) is 2.69. The number of halogens is 4. The normalized spacial score (nSPS) is 12.5. The van der Waals surface area contributed by atoms with E-state index in [1.165, 1.54) is 6.07 Å². The van der Waals surface area contributed by atoms with E-state index in [0.29, 0.717) is 11.5 Å². The molecule has 3 rings (SSSR count). The number of hydrogen-bond acceptors (Lipinski definition) is 6. The molecule has 6 nitrogen and oxygen atoms in total. The lowest BCUT2D eigenvalue weighted by atomic mass is 10.2. The van der Waals surface area contributed by atoms with Crippen molar-refractivity contribution in [1.82, 2.24) is 15.0 Å². The summed E-state index contributed by atoms with van der Waals surface area (Å²) in [5.41, 5.74) is 0.671. The molecule has 3 aromatic rings. The van der Waals surface area contributed by atoms with Crippen LogP contribution < -0.4 is 10.6 Å². The number of alkyl halides is 3. The van der Waals surface area contributed by atoms with Gasteiger partial charge >= 0.3 is 6.18 Å². The van der Waals surface area contributed by atoms with Crippen LogP contribution >= 0.6 is 11.6 Å². The van der Waals surface area contributed by atoms with E-state index in [4.69, 9.17) is 11.6 Å². The van der Waals surface area contributed by atoms with Gasteiger partial charge in [-0.2, -0.15) is 18.2 Å². The molecule has 0 fully saturated rings. The van der Waals surface area contributed by atoms with Crippen LogP contribution in [0.2, 0.25) is 5.02 Å². The van der Waals surface area contributed by atoms with Gasteiger partial charge in [0.15, 0.2) is 0 Å². The Morgan fingerprint density at radius 1 is 1.17 bits per heavy atom. The molecule has 1 aromatic carbocycles. The molecule has 1 atom stereocenters. The Kier molecular flexibility index (Phi) is 6.19. The maximum atomic E-state index is 12.8. The van der Waals surface area contributed by atoms with Crippen LogP contribution in [0, 0.1) is 0 Å². The number of rotatable bonds is 6. The highest BCUT2D eigenvalue weighted by Crippen LogP contribution is 2.35. The second-order valence-corrected chi connectivity index (χ2v) is 6.66. The zero-order valence-corrected chi connectivity index (χ0v) is 16.0. The lowest BCUT2D eigenvalue weighted by Gasteiger charge is -2.15. The van der Waals surface area contributed by atoms with E-state index in [-0.39, 0.29) is 29.3 Å². The summed E-state index contributed by atoms with van der Waals surface area (Å²) < 4.78 is 38.5. The number of pyridine rings is 1. The zero-order valence-electron chi connectivity index (χ0n) is 15.2. The first-order chi connectivity index (χ1) is 13.8. The maximum absolute atomic E-state index is 12.8. The van der Waals surface area contributed by atoms with Crippen molar-refractivity contribution in [2.45, 2.75) is 19.1 Å². The minimum Gasteiger partial charge on any atom is -0.394 e. The highest BCUT2D eigenvalue weighted by atomic mass is 35.5. The molecule has 2 aromatic heterocycles. The minimum atomic E-state index is -4.48. The van der Waals surface area contributed by atoms with Crippen molar-refractivity contribution in [2.75, 3.05) is 17.2 Å². The highest BCUT2D eigenvalue weighted by Gasteiger charge is 2.30. The quantitative estimate of drug-likeness (QED) is 0.531. The SMILES string of the molecule is C[C@@H](CO)Nc1nc(Nc2ccc(C(F)(F)F)cc2Cl)cc(-c2cccnc2)n1. The number of hydrogen-bond donors (Lipinski definition) is 3. The third kappa shape index (κ3) is 5.33. The topological polar surface area (TPSA) is 83.0 Å². The highest BCUT2D eigenvalue weighted by molar-refractivity contribution is 6.33. The van der Waals surface area contributed by atoms with Crippen LogP contribution in [0.3, 0.4) is 0 Å². The first-order valence-corrected chi connectivity index (χ1v) is 8.94. The van der Waals surface area contributed by atoms with Gasteiger partial charge in [-0.15, -0.1) is 0 Å². The summed E-state index contributed by atoms with van der Waals surface area (Å²) in [4.78, 5) is 12.8. The molecule has 0 aliphatic heterocycles. The largest absolute Gasteiger partial charge is 0.416 e. The lowest BCUT2D eigenvalue weighted by molar-refractivity contribution is -0.137. The van der Waals surface area contributed by atoms with Crippen molar-refractivity contribution in [3.8, 4) is 11.3 Å². The molecule has 0 unspecified atom stereocenters. The van der Waals surface area contributed by atoms with Crippen LogP contribution in [0.1, 0.15) is 12.5 Å². The molecule has 0 amide bonds. The van der Waals surface area contributed by atoms with E-state index < -0.39 is 11.7 Å². The summed E-state index contributed by atoms with van der Waals surface area (Å²) in [6.07, 6.45) is -1.24. The van der Waals surface area contributed by atoms with Gasteiger partial charge in [0.2, 0.25) is 5.95 Å². The van der Waals surface area contributed by atoms with E-state index in [2.05, 4.69) is 25.6 Å². The smallest absolute Gasteiger partial charge is 0.394 e. The molecule has 0 aliphatic rings. The van der Waals surface area contributed by atoms with Crippen LogP contribution in [-0.2, 0) is 6.18 Å². The number of nitrogens with zero attached hydrogens (tertiary/aromatic N) is 3. The monoisotopic (exact) mass is 423 g/mol. The fraction of sp³-hybridized carbons (Fsp3) is 0.211. The number of nitrogens with one attached hydrogen (secondary N) is 2. The predicted molar refractivity (Wildman–Crippen MR) is 105 cm³/mol. The van der Waals surface area contributed by atoms with Gasteiger partial charge in [0.1, 0.15) is 5.82 Å². The summed E-state index contributed by atoms with van der Waals surface area (Å²) in [5.74, 6) is 0.548. The van der Waals surface area contributed by atoms with E-state index in [0.717, 1.165) is 17.7 Å². The number of anilines is 3. The molecular formula is C19H17ClF3N5O. The Morgan fingerprint density at radius 3 is 2.59 bits per heavy atom. The van der Waals surface area contributed by atoms with Gasteiger partial charge in [-0.05, 0) is 37.3 Å². The van der Waals surface area contributed by atoms with Crippen molar-refractivity contribution in [1.29, 1.82) is 0 Å². The molecule has 0 saturated heterocycles. The van der Waals surface area contributed by atoms with Crippen molar-refractivity contribution in [2.24, 2.45) is 0 Å². The van der Waals surface area contributed by atoms with Crippen molar-refractivity contribution < 1.29 is 18.3 Å². The van der Waals surface area contributed by atoms with E-state index in [1.807, 2.05) is 6.07 Å². The lowest BCUT2D eigenvalue weighted by Crippen LogP contribution is -2.21. The van der Waals surface area contributed by atoms with Crippen LogP contribution in [0.5, 0.6) is 0 Å². The van der Waals surface area contributed by atoms with Gasteiger partial charge < -0.3 is 15.7 Å². The van der Waals surface area contributed by atoms with Gasteiger partial charge in [0, 0.05) is 30.1 Å². The minimum absolute atomic E-state index is 0.0976. The van der Waals surface area contributed by atoms with Gasteiger partial charge in [0.25, 0.3) is 0 Å². The van der Waals surface area contributed by atoms with Gasteiger partial charge in [0.05, 0.1) is 28.6 Å². The molecule has 2 heterocycles. The molecule has 0 aliphatic carbocycles. The van der Waals surface area contributed by atoms with Crippen LogP contribution in [0.25, 0.3) is 11.3 Å². The summed E-state index contributed by atoms with van der Waals surface area (Å²) in [5, 5.41) is 15.0. The second kappa shape index (κ2) is 8.62. The van der Waals surface area contributed by atoms with Gasteiger partial charge in [-0.1, -0.05) is 11.6 Å². The summed E-state index contributed by atoms with van der Waals surface area (Å²) in [7, 11) is 0. The van der Waals surface area contributed by atoms with Gasteiger partial charge in [-0.3, -0.25) is 4.98 Å². The fourth-order valence-corrected chi connectivity index (χ4v) is 2.66. The molecule has 0 bridgehead atoms. The number of benzene rings is 1. The van der Waals surface area contributed by atoms with Crippen molar-refractivity contribution in [3.63, 3.8) is 0 Å². The molecule has 29 heavy (non-hydrogen) atoms. The molecular weight excluding hydrogens is 407 g/mol. The van der Waals surface area contributed by atoms with Crippen LogP contribution in [-0.4, -0.2) is 32.7 Å². The molecule has 0 radical (unpaired) electrons. The number of aromatic nitrogens is 3. The van der Waals surface area contributed by atoms with Crippen LogP contribution in [0.4, 0.5) is 30.6 Å². The average molecular weight is 424 g/mol. The maximum Gasteiger partial charge on any atom is 0.416 e. The van der Waals surface area contributed by atoms with Crippen LogP contribution in [0.15, 0.2) is 48.8 Å². The third-order valence-corrected chi connectivity index (χ3v) is 4.20. The Labute approximate surface area is 169 Å². The van der Waals surface area contributed by atoms with E-state index in [9.17, 15) is 18.3 Å². The fourth-order valence-electron chi connectivity index (χ4n) is 2.43. The zero-order chi connectivity index (χ0) is 21.0. The molecule has 152 valence electrons. The first kappa shape index (κ1) is 20.8. The van der Waals surface area contributed by atoms with Crippen molar-refractivity contribution in [3.05, 3.63) is 59.4 Å². The Morgan fingerprint density at radius 2 is 1.97 bits per heavy atom. The molecule has 0 spiro atoms. The Hall–Kier alpha value is -2.91. The molecule has 0 saturated carbocycles. The summed E-state index contributed by atoms with van der Waals surface area (Å²) in [6, 6.07) is 7.90. The number of aliphatic hydroxyl groups excluding tert-OH is 1. The Balaban J connectivity index is 1.97. The summed E-state index contributed by atoms with van der Waals surface area (Å²) >= 11 is 6.02.